The van der Waals surface area contributed by atoms with Crippen molar-refractivity contribution in [2.24, 2.45) is 0 Å². The molecule has 0 spiro atoms. The Hall–Kier alpha value is -2.58. The zero-order valence-corrected chi connectivity index (χ0v) is 15.6. The highest BCUT2D eigenvalue weighted by Gasteiger charge is 2.38. The maximum Gasteiger partial charge on any atom is 0.470 e. The van der Waals surface area contributed by atoms with Crippen molar-refractivity contribution in [3.63, 3.8) is 0 Å². The highest BCUT2D eigenvalue weighted by Crippen LogP contribution is 2.30. The first kappa shape index (κ1) is 20.7. The van der Waals surface area contributed by atoms with E-state index in [4.69, 9.17) is 0 Å². The molecule has 0 atom stereocenters. The highest BCUT2D eigenvalue weighted by atomic mass is 19.4. The van der Waals surface area contributed by atoms with Gasteiger partial charge in [0.15, 0.2) is 0 Å². The molecule has 0 unspecified atom stereocenters. The van der Waals surface area contributed by atoms with Gasteiger partial charge in [0.05, 0.1) is 0 Å². The molecule has 148 valence electrons. The first-order chi connectivity index (χ1) is 12.8. The molecule has 1 aromatic heterocycles. The molecule has 0 aliphatic heterocycles. The van der Waals surface area contributed by atoms with Crippen molar-refractivity contribution >= 4 is 6.03 Å². The Bertz CT molecular complexity index is 744. The number of carbonyl (C=O) groups is 1. The van der Waals surface area contributed by atoms with E-state index in [0.717, 1.165) is 12.0 Å². The minimum atomic E-state index is -4.67. The predicted molar refractivity (Wildman–Crippen MR) is 93.8 cm³/mol. The predicted octanol–water partition coefficient (Wildman–Crippen LogP) is 4.43. The quantitative estimate of drug-likeness (QED) is 0.709. The van der Waals surface area contributed by atoms with Gasteiger partial charge in [-0.05, 0) is 38.0 Å². The summed E-state index contributed by atoms with van der Waals surface area (Å²) in [7, 11) is 0. The van der Waals surface area contributed by atoms with Crippen LogP contribution in [0.1, 0.15) is 38.6 Å². The fourth-order valence-electron chi connectivity index (χ4n) is 2.60. The van der Waals surface area contributed by atoms with Crippen molar-refractivity contribution < 1.29 is 22.4 Å². The van der Waals surface area contributed by atoms with E-state index in [9.17, 15) is 18.0 Å². The van der Waals surface area contributed by atoms with E-state index in [0.29, 0.717) is 31.7 Å². The van der Waals surface area contributed by atoms with Crippen LogP contribution in [0, 0.1) is 0 Å². The molecule has 0 N–H and O–H groups in total. The zero-order chi connectivity index (χ0) is 20.0. The van der Waals surface area contributed by atoms with E-state index in [2.05, 4.69) is 14.6 Å². The maximum absolute atomic E-state index is 12.6. The first-order valence-corrected chi connectivity index (χ1v) is 8.83. The van der Waals surface area contributed by atoms with Gasteiger partial charge in [0.2, 0.25) is 5.89 Å². The number of urea groups is 1. The Morgan fingerprint density at radius 1 is 1.04 bits per heavy atom. The number of halogens is 3. The van der Waals surface area contributed by atoms with Gasteiger partial charge in [0.25, 0.3) is 0 Å². The van der Waals surface area contributed by atoms with Gasteiger partial charge in [-0.2, -0.15) is 13.2 Å². The molecule has 27 heavy (non-hydrogen) atoms. The molecule has 0 radical (unpaired) electrons. The molecule has 0 aliphatic rings. The lowest BCUT2D eigenvalue weighted by molar-refractivity contribution is -0.156. The van der Waals surface area contributed by atoms with Crippen molar-refractivity contribution in [3.05, 3.63) is 35.7 Å². The summed E-state index contributed by atoms with van der Waals surface area (Å²) in [4.78, 5) is 16.1. The Labute approximate surface area is 156 Å². The molecule has 0 fully saturated rings. The van der Waals surface area contributed by atoms with Crippen LogP contribution in [0.2, 0.25) is 0 Å². The van der Waals surface area contributed by atoms with Gasteiger partial charge in [-0.25, -0.2) is 4.79 Å². The summed E-state index contributed by atoms with van der Waals surface area (Å²) in [6.07, 6.45) is -3.78. The van der Waals surface area contributed by atoms with Crippen molar-refractivity contribution in [1.82, 2.24) is 20.0 Å². The monoisotopic (exact) mass is 384 g/mol. The average molecular weight is 384 g/mol. The lowest BCUT2D eigenvalue weighted by Gasteiger charge is -2.29. The number of hydrogen-bond acceptors (Lipinski definition) is 4. The third-order valence-corrected chi connectivity index (χ3v) is 4.04. The van der Waals surface area contributed by atoms with E-state index >= 15 is 0 Å². The molecule has 2 aromatic rings. The van der Waals surface area contributed by atoms with Crippen molar-refractivity contribution in [3.8, 4) is 11.5 Å². The van der Waals surface area contributed by atoms with Gasteiger partial charge < -0.3 is 14.2 Å². The highest BCUT2D eigenvalue weighted by molar-refractivity contribution is 5.74. The number of amides is 2. The summed E-state index contributed by atoms with van der Waals surface area (Å²) in [6.45, 7) is 8.17. The Morgan fingerprint density at radius 3 is 2.15 bits per heavy atom. The molecule has 0 bridgehead atoms. The largest absolute Gasteiger partial charge is 0.470 e. The van der Waals surface area contributed by atoms with Crippen LogP contribution in [-0.4, -0.2) is 45.7 Å². The van der Waals surface area contributed by atoms with Crippen LogP contribution in [0.4, 0.5) is 18.0 Å². The molecule has 9 heteroatoms. The minimum Gasteiger partial charge on any atom is -0.413 e. The van der Waals surface area contributed by atoms with Gasteiger partial charge in [0.1, 0.15) is 0 Å². The summed E-state index contributed by atoms with van der Waals surface area (Å²) in [5.41, 5.74) is 1.24. The van der Waals surface area contributed by atoms with Gasteiger partial charge in [-0.3, -0.25) is 0 Å². The van der Waals surface area contributed by atoms with Gasteiger partial charge in [-0.15, -0.1) is 10.2 Å². The molecule has 1 heterocycles. The Morgan fingerprint density at radius 2 is 1.67 bits per heavy atom. The molecular weight excluding hydrogens is 361 g/mol. The fourth-order valence-corrected chi connectivity index (χ4v) is 2.60. The second kappa shape index (κ2) is 8.88. The number of carbonyl (C=O) groups excluding carboxylic acids is 1. The summed E-state index contributed by atoms with van der Waals surface area (Å²) in [6, 6.07) is 6.64. The number of benzene rings is 1. The van der Waals surface area contributed by atoms with E-state index in [1.807, 2.05) is 20.8 Å². The molecule has 0 saturated heterocycles. The zero-order valence-electron chi connectivity index (χ0n) is 15.6. The molecule has 6 nitrogen and oxygen atoms in total. The van der Waals surface area contributed by atoms with Gasteiger partial charge in [0, 0.05) is 31.7 Å². The third kappa shape index (κ3) is 5.21. The van der Waals surface area contributed by atoms with Crippen LogP contribution in [0.3, 0.4) is 0 Å². The third-order valence-electron chi connectivity index (χ3n) is 4.04. The minimum absolute atomic E-state index is 0.0300. The molecule has 2 rings (SSSR count). The average Bonchev–Trinajstić information content (AvgIpc) is 3.14. The summed E-state index contributed by atoms with van der Waals surface area (Å²) >= 11 is 0. The Balaban J connectivity index is 2.10. The summed E-state index contributed by atoms with van der Waals surface area (Å²) in [5, 5.41) is 6.45. The summed E-state index contributed by atoms with van der Waals surface area (Å²) in [5.74, 6) is -1.57. The smallest absolute Gasteiger partial charge is 0.413 e. The second-order valence-corrected chi connectivity index (χ2v) is 5.98. The number of nitrogens with zero attached hydrogens (tertiary/aromatic N) is 4. The van der Waals surface area contributed by atoms with E-state index in [-0.39, 0.29) is 11.9 Å². The molecular formula is C18H23F3N4O2. The van der Waals surface area contributed by atoms with Crippen LogP contribution in [-0.2, 0) is 12.7 Å². The van der Waals surface area contributed by atoms with Gasteiger partial charge >= 0.3 is 18.1 Å². The van der Waals surface area contributed by atoms with Crippen LogP contribution in [0.25, 0.3) is 11.5 Å². The number of alkyl halides is 3. The van der Waals surface area contributed by atoms with Crippen LogP contribution in [0.15, 0.2) is 28.7 Å². The topological polar surface area (TPSA) is 62.5 Å². The van der Waals surface area contributed by atoms with Crippen LogP contribution in [0.5, 0.6) is 0 Å². The number of hydrogen-bond donors (Lipinski definition) is 0. The lowest BCUT2D eigenvalue weighted by atomic mass is 10.1. The summed E-state index contributed by atoms with van der Waals surface area (Å²) < 4.78 is 42.3. The molecule has 2 amide bonds. The standard InChI is InChI=1S/C18H23F3N4O2/c1-4-11-24(5-2)17(26)25(6-3)12-13-7-9-14(10-8-13)15-22-23-16(27-15)18(19,20)21/h7-10H,4-6,11-12H2,1-3H3. The lowest BCUT2D eigenvalue weighted by Crippen LogP contribution is -2.43. The van der Waals surface area contributed by atoms with Crippen LogP contribution < -0.4 is 0 Å². The molecule has 0 aliphatic carbocycles. The fraction of sp³-hybridized carbons (Fsp3) is 0.500. The van der Waals surface area contributed by atoms with E-state index in [1.54, 1.807) is 34.1 Å². The maximum atomic E-state index is 12.6. The number of rotatable bonds is 7. The van der Waals surface area contributed by atoms with Crippen molar-refractivity contribution in [2.45, 2.75) is 39.9 Å². The van der Waals surface area contributed by atoms with E-state index < -0.39 is 12.1 Å². The SMILES string of the molecule is CCCN(CC)C(=O)N(CC)Cc1ccc(-c2nnc(C(F)(F)F)o2)cc1. The van der Waals surface area contributed by atoms with Crippen molar-refractivity contribution in [2.75, 3.05) is 19.6 Å². The molecule has 0 saturated carbocycles. The number of aromatic nitrogens is 2. The second-order valence-electron chi connectivity index (χ2n) is 5.98. The normalized spacial score (nSPS) is 11.5. The van der Waals surface area contributed by atoms with Gasteiger partial charge in [-0.1, -0.05) is 19.1 Å². The first-order valence-electron chi connectivity index (χ1n) is 8.83. The molecule has 1 aromatic carbocycles. The van der Waals surface area contributed by atoms with Crippen LogP contribution >= 0.6 is 0 Å². The van der Waals surface area contributed by atoms with Crippen molar-refractivity contribution in [1.29, 1.82) is 0 Å². The Kier molecular flexibility index (Phi) is 6.81. The van der Waals surface area contributed by atoms with E-state index in [1.165, 1.54) is 0 Å².